The van der Waals surface area contributed by atoms with E-state index in [0.29, 0.717) is 22.4 Å². The van der Waals surface area contributed by atoms with E-state index in [0.717, 1.165) is 22.4 Å². The predicted molar refractivity (Wildman–Crippen MR) is 106 cm³/mol. The molecule has 0 aliphatic carbocycles. The smallest absolute Gasteiger partial charge is 0.196 e. The molecule has 3 nitrogen and oxygen atoms in total. The van der Waals surface area contributed by atoms with Gasteiger partial charge in [-0.05, 0) is 49.2 Å². The van der Waals surface area contributed by atoms with Crippen LogP contribution in [0.2, 0.25) is 0 Å². The van der Waals surface area contributed by atoms with Gasteiger partial charge in [0, 0.05) is 5.56 Å². The lowest BCUT2D eigenvalue weighted by atomic mass is 10.1. The number of aliphatic imine (C=N–C) groups is 1. The van der Waals surface area contributed by atoms with Crippen LogP contribution in [0.4, 0.5) is 5.69 Å². The lowest BCUT2D eigenvalue weighted by Gasteiger charge is -2.07. The largest absolute Gasteiger partial charge is 0.504 e. The Bertz CT molecular complexity index is 1090. The van der Waals surface area contributed by atoms with E-state index in [4.69, 9.17) is 9.41 Å². The molecular formula is C23H19NO2. The molecule has 1 N–H and O–H groups in total. The van der Waals surface area contributed by atoms with Crippen molar-refractivity contribution in [1.29, 1.82) is 0 Å². The van der Waals surface area contributed by atoms with E-state index in [-0.39, 0.29) is 5.75 Å². The SMILES string of the molecule is Cc1cc(C)cc(N=C(c2ccccc2)c2oc3ccccc3c2O)c1. The Labute approximate surface area is 152 Å². The molecule has 0 aliphatic rings. The topological polar surface area (TPSA) is 45.7 Å². The first-order chi connectivity index (χ1) is 12.6. The molecule has 26 heavy (non-hydrogen) atoms. The molecule has 0 radical (unpaired) electrons. The van der Waals surface area contributed by atoms with Gasteiger partial charge in [0.1, 0.15) is 11.3 Å². The summed E-state index contributed by atoms with van der Waals surface area (Å²) in [6.45, 7) is 4.10. The van der Waals surface area contributed by atoms with Gasteiger partial charge in [-0.2, -0.15) is 0 Å². The fraction of sp³-hybridized carbons (Fsp3) is 0.0870. The highest BCUT2D eigenvalue weighted by Gasteiger charge is 2.20. The number of para-hydroxylation sites is 1. The van der Waals surface area contributed by atoms with Gasteiger partial charge in [0.2, 0.25) is 0 Å². The Morgan fingerprint density at radius 2 is 1.50 bits per heavy atom. The molecule has 1 heterocycles. The van der Waals surface area contributed by atoms with E-state index < -0.39 is 0 Å². The Morgan fingerprint density at radius 3 is 2.19 bits per heavy atom. The third kappa shape index (κ3) is 3.00. The minimum atomic E-state index is 0.118. The van der Waals surface area contributed by atoms with Crippen LogP contribution < -0.4 is 0 Å². The molecule has 0 spiro atoms. The highest BCUT2D eigenvalue weighted by Crippen LogP contribution is 2.34. The summed E-state index contributed by atoms with van der Waals surface area (Å²) in [4.78, 5) is 4.84. The van der Waals surface area contributed by atoms with Gasteiger partial charge in [0.25, 0.3) is 0 Å². The fourth-order valence-corrected chi connectivity index (χ4v) is 3.18. The number of aryl methyl sites for hydroxylation is 2. The average Bonchev–Trinajstić information content (AvgIpc) is 2.97. The summed E-state index contributed by atoms with van der Waals surface area (Å²) in [5.74, 6) is 0.504. The zero-order valence-electron chi connectivity index (χ0n) is 14.7. The molecule has 0 aliphatic heterocycles. The molecule has 128 valence electrons. The molecule has 0 unspecified atom stereocenters. The summed E-state index contributed by atoms with van der Waals surface area (Å²) in [5, 5.41) is 11.4. The number of hydrogen-bond acceptors (Lipinski definition) is 3. The van der Waals surface area contributed by atoms with Crippen molar-refractivity contribution in [3.8, 4) is 5.75 Å². The average molecular weight is 341 g/mol. The van der Waals surface area contributed by atoms with Crippen LogP contribution in [0.3, 0.4) is 0 Å². The third-order valence-electron chi connectivity index (χ3n) is 4.28. The maximum atomic E-state index is 10.7. The molecule has 0 fully saturated rings. The number of furan rings is 1. The number of hydrogen-bond donors (Lipinski definition) is 1. The van der Waals surface area contributed by atoms with Gasteiger partial charge in [0.05, 0.1) is 11.1 Å². The third-order valence-corrected chi connectivity index (χ3v) is 4.28. The molecule has 1 aromatic heterocycles. The summed E-state index contributed by atoms with van der Waals surface area (Å²) < 4.78 is 5.97. The van der Waals surface area contributed by atoms with Crippen molar-refractivity contribution >= 4 is 22.4 Å². The van der Waals surface area contributed by atoms with Crippen LogP contribution in [0.1, 0.15) is 22.5 Å². The molecule has 4 rings (SSSR count). The van der Waals surface area contributed by atoms with Gasteiger partial charge >= 0.3 is 0 Å². The summed E-state index contributed by atoms with van der Waals surface area (Å²) >= 11 is 0. The summed E-state index contributed by atoms with van der Waals surface area (Å²) in [7, 11) is 0. The van der Waals surface area contributed by atoms with Crippen LogP contribution in [0, 0.1) is 13.8 Å². The summed E-state index contributed by atoms with van der Waals surface area (Å²) in [6, 6.07) is 23.4. The second-order valence-electron chi connectivity index (χ2n) is 6.45. The van der Waals surface area contributed by atoms with E-state index in [1.54, 1.807) is 0 Å². The Kier molecular flexibility index (Phi) is 4.05. The quantitative estimate of drug-likeness (QED) is 0.470. The van der Waals surface area contributed by atoms with Gasteiger partial charge in [-0.3, -0.25) is 0 Å². The molecule has 0 atom stereocenters. The second kappa shape index (κ2) is 6.52. The number of aromatic hydroxyl groups is 1. The van der Waals surface area contributed by atoms with Gasteiger partial charge in [0.15, 0.2) is 11.5 Å². The fourth-order valence-electron chi connectivity index (χ4n) is 3.18. The molecular weight excluding hydrogens is 322 g/mol. The lowest BCUT2D eigenvalue weighted by molar-refractivity contribution is 0.461. The van der Waals surface area contributed by atoms with Crippen molar-refractivity contribution in [3.63, 3.8) is 0 Å². The first kappa shape index (κ1) is 16.2. The molecule has 0 saturated carbocycles. The number of rotatable bonds is 3. The number of nitrogens with zero attached hydrogens (tertiary/aromatic N) is 1. The van der Waals surface area contributed by atoms with Gasteiger partial charge < -0.3 is 9.52 Å². The Morgan fingerprint density at radius 1 is 0.846 bits per heavy atom. The van der Waals surface area contributed by atoms with E-state index in [9.17, 15) is 5.11 Å². The van der Waals surface area contributed by atoms with E-state index in [1.165, 1.54) is 0 Å². The van der Waals surface area contributed by atoms with Crippen LogP contribution >= 0.6 is 0 Å². The number of benzene rings is 3. The number of fused-ring (bicyclic) bond motifs is 1. The van der Waals surface area contributed by atoms with Crippen molar-refractivity contribution < 1.29 is 9.52 Å². The minimum Gasteiger partial charge on any atom is -0.504 e. The molecule has 0 bridgehead atoms. The molecule has 3 heteroatoms. The first-order valence-electron chi connectivity index (χ1n) is 8.55. The van der Waals surface area contributed by atoms with Gasteiger partial charge in [-0.1, -0.05) is 48.5 Å². The van der Waals surface area contributed by atoms with Gasteiger partial charge in [-0.15, -0.1) is 0 Å². The van der Waals surface area contributed by atoms with Crippen LogP contribution in [-0.2, 0) is 0 Å². The van der Waals surface area contributed by atoms with E-state index in [1.807, 2.05) is 80.6 Å². The summed E-state index contributed by atoms with van der Waals surface area (Å²) in [5.41, 5.74) is 5.27. The monoisotopic (exact) mass is 341 g/mol. The highest BCUT2D eigenvalue weighted by molar-refractivity contribution is 6.16. The highest BCUT2D eigenvalue weighted by atomic mass is 16.4. The van der Waals surface area contributed by atoms with E-state index in [2.05, 4.69) is 6.07 Å². The first-order valence-corrected chi connectivity index (χ1v) is 8.55. The van der Waals surface area contributed by atoms with Gasteiger partial charge in [-0.25, -0.2) is 4.99 Å². The van der Waals surface area contributed by atoms with Crippen molar-refractivity contribution in [1.82, 2.24) is 0 Å². The molecule has 0 saturated heterocycles. The van der Waals surface area contributed by atoms with Crippen LogP contribution in [0.15, 0.2) is 82.2 Å². The Balaban J connectivity index is 1.96. The van der Waals surface area contributed by atoms with Crippen molar-refractivity contribution in [3.05, 3.63) is 95.2 Å². The second-order valence-corrected chi connectivity index (χ2v) is 6.45. The normalized spacial score (nSPS) is 11.8. The molecule has 3 aromatic carbocycles. The lowest BCUT2D eigenvalue weighted by Crippen LogP contribution is -2.02. The van der Waals surface area contributed by atoms with Crippen LogP contribution in [0.25, 0.3) is 11.0 Å². The zero-order valence-corrected chi connectivity index (χ0v) is 14.7. The van der Waals surface area contributed by atoms with Crippen molar-refractivity contribution in [2.75, 3.05) is 0 Å². The standard InChI is InChI=1S/C23H19NO2/c1-15-12-16(2)14-18(13-15)24-21(17-8-4-3-5-9-17)23-22(25)19-10-6-7-11-20(19)26-23/h3-14,25H,1-2H3. The van der Waals surface area contributed by atoms with E-state index >= 15 is 0 Å². The molecule has 4 aromatic rings. The van der Waals surface area contributed by atoms with Crippen molar-refractivity contribution in [2.24, 2.45) is 4.99 Å². The van der Waals surface area contributed by atoms with Crippen molar-refractivity contribution in [2.45, 2.75) is 13.8 Å². The zero-order chi connectivity index (χ0) is 18.1. The predicted octanol–water partition coefficient (Wildman–Crippen LogP) is 5.92. The molecule has 0 amide bonds. The van der Waals surface area contributed by atoms with Crippen LogP contribution in [-0.4, -0.2) is 10.8 Å². The minimum absolute atomic E-state index is 0.118. The summed E-state index contributed by atoms with van der Waals surface area (Å²) in [6.07, 6.45) is 0. The van der Waals surface area contributed by atoms with Crippen LogP contribution in [0.5, 0.6) is 5.75 Å². The maximum Gasteiger partial charge on any atom is 0.196 e. The maximum absolute atomic E-state index is 10.7. The Hall–Kier alpha value is -3.33.